The van der Waals surface area contributed by atoms with Crippen molar-refractivity contribution < 1.29 is 9.47 Å². The molecule has 4 nitrogen and oxygen atoms in total. The van der Waals surface area contributed by atoms with Crippen LogP contribution in [0.3, 0.4) is 0 Å². The SMILES string of the molecule is CCCOc1ccccc1Oc1cc(Br)nc(CC)n1. The monoisotopic (exact) mass is 336 g/mol. The fourth-order valence-corrected chi connectivity index (χ4v) is 2.03. The molecule has 0 amide bonds. The zero-order chi connectivity index (χ0) is 14.4. The number of aryl methyl sites for hydroxylation is 1. The molecule has 1 aromatic heterocycles. The highest BCUT2D eigenvalue weighted by atomic mass is 79.9. The van der Waals surface area contributed by atoms with Crippen LogP contribution in [-0.2, 0) is 6.42 Å². The van der Waals surface area contributed by atoms with Gasteiger partial charge in [0, 0.05) is 12.5 Å². The van der Waals surface area contributed by atoms with Gasteiger partial charge in [0.1, 0.15) is 10.4 Å². The van der Waals surface area contributed by atoms with Gasteiger partial charge >= 0.3 is 0 Å². The van der Waals surface area contributed by atoms with Crippen LogP contribution < -0.4 is 9.47 Å². The lowest BCUT2D eigenvalue weighted by molar-refractivity contribution is 0.300. The van der Waals surface area contributed by atoms with Crippen molar-refractivity contribution in [3.8, 4) is 17.4 Å². The van der Waals surface area contributed by atoms with Crippen molar-refractivity contribution >= 4 is 15.9 Å². The zero-order valence-electron chi connectivity index (χ0n) is 11.6. The maximum Gasteiger partial charge on any atom is 0.223 e. The molecule has 0 aliphatic carbocycles. The van der Waals surface area contributed by atoms with Crippen LogP contribution in [0.4, 0.5) is 0 Å². The van der Waals surface area contributed by atoms with E-state index >= 15 is 0 Å². The Morgan fingerprint density at radius 3 is 2.55 bits per heavy atom. The number of hydrogen-bond acceptors (Lipinski definition) is 4. The minimum atomic E-state index is 0.510. The van der Waals surface area contributed by atoms with Crippen molar-refractivity contribution in [1.29, 1.82) is 0 Å². The van der Waals surface area contributed by atoms with E-state index in [1.807, 2.05) is 31.2 Å². The third-order valence-corrected chi connectivity index (χ3v) is 2.97. The van der Waals surface area contributed by atoms with Crippen molar-refractivity contribution in [3.05, 3.63) is 40.8 Å². The maximum absolute atomic E-state index is 5.82. The Balaban J connectivity index is 2.23. The van der Waals surface area contributed by atoms with Gasteiger partial charge in [0.05, 0.1) is 6.61 Å². The van der Waals surface area contributed by atoms with Crippen molar-refractivity contribution in [2.24, 2.45) is 0 Å². The summed E-state index contributed by atoms with van der Waals surface area (Å²) in [6, 6.07) is 9.33. The molecule has 1 aromatic carbocycles. The first-order valence-corrected chi connectivity index (χ1v) is 7.45. The van der Waals surface area contributed by atoms with Crippen LogP contribution in [0.25, 0.3) is 0 Å². The van der Waals surface area contributed by atoms with E-state index in [2.05, 4.69) is 32.8 Å². The largest absolute Gasteiger partial charge is 0.490 e. The summed E-state index contributed by atoms with van der Waals surface area (Å²) in [5.74, 6) is 2.63. The second-order valence-corrected chi connectivity index (χ2v) is 5.01. The van der Waals surface area contributed by atoms with Gasteiger partial charge in [-0.3, -0.25) is 0 Å². The van der Waals surface area contributed by atoms with Gasteiger partial charge in [-0.05, 0) is 34.5 Å². The number of benzene rings is 1. The van der Waals surface area contributed by atoms with Crippen LogP contribution in [0.2, 0.25) is 0 Å². The lowest BCUT2D eigenvalue weighted by Gasteiger charge is -2.11. The summed E-state index contributed by atoms with van der Waals surface area (Å²) in [5, 5.41) is 0. The molecule has 1 heterocycles. The minimum Gasteiger partial charge on any atom is -0.490 e. The molecule has 0 fully saturated rings. The van der Waals surface area contributed by atoms with Crippen LogP contribution in [0, 0.1) is 0 Å². The van der Waals surface area contributed by atoms with Gasteiger partial charge in [0.2, 0.25) is 5.88 Å². The highest BCUT2D eigenvalue weighted by Gasteiger charge is 2.08. The summed E-state index contributed by atoms with van der Waals surface area (Å²) < 4.78 is 12.2. The molecule has 0 N–H and O–H groups in total. The summed E-state index contributed by atoms with van der Waals surface area (Å²) >= 11 is 3.37. The number of para-hydroxylation sites is 2. The fourth-order valence-electron chi connectivity index (χ4n) is 1.63. The molecule has 0 bridgehead atoms. The average molecular weight is 337 g/mol. The Labute approximate surface area is 127 Å². The van der Waals surface area contributed by atoms with E-state index in [4.69, 9.17) is 9.47 Å². The van der Waals surface area contributed by atoms with Gasteiger partial charge in [-0.25, -0.2) is 4.98 Å². The lowest BCUT2D eigenvalue weighted by atomic mass is 10.3. The smallest absolute Gasteiger partial charge is 0.223 e. The number of hydrogen-bond donors (Lipinski definition) is 0. The summed E-state index contributed by atoms with van der Waals surface area (Å²) in [4.78, 5) is 8.61. The molecule has 5 heteroatoms. The van der Waals surface area contributed by atoms with Crippen LogP contribution in [0.5, 0.6) is 17.4 Å². The third-order valence-electron chi connectivity index (χ3n) is 2.56. The van der Waals surface area contributed by atoms with Gasteiger partial charge in [-0.2, -0.15) is 4.98 Å². The number of rotatable bonds is 6. The molecule has 0 radical (unpaired) electrons. The van der Waals surface area contributed by atoms with Crippen molar-refractivity contribution in [2.75, 3.05) is 6.61 Å². The van der Waals surface area contributed by atoms with Crippen molar-refractivity contribution in [1.82, 2.24) is 9.97 Å². The molecular formula is C15H17BrN2O2. The quantitative estimate of drug-likeness (QED) is 0.734. The Bertz CT molecular complexity index is 576. The van der Waals surface area contributed by atoms with Gasteiger partial charge in [0.15, 0.2) is 11.5 Å². The van der Waals surface area contributed by atoms with Crippen LogP contribution >= 0.6 is 15.9 Å². The van der Waals surface area contributed by atoms with Crippen molar-refractivity contribution in [2.45, 2.75) is 26.7 Å². The van der Waals surface area contributed by atoms with E-state index < -0.39 is 0 Å². The highest BCUT2D eigenvalue weighted by Crippen LogP contribution is 2.31. The Kier molecular flexibility index (Phi) is 5.35. The minimum absolute atomic E-state index is 0.510. The topological polar surface area (TPSA) is 44.2 Å². The Morgan fingerprint density at radius 2 is 1.85 bits per heavy atom. The van der Waals surface area contributed by atoms with E-state index in [0.29, 0.717) is 22.8 Å². The van der Waals surface area contributed by atoms with E-state index in [1.165, 1.54) is 0 Å². The maximum atomic E-state index is 5.82. The van der Waals surface area contributed by atoms with E-state index in [1.54, 1.807) is 6.07 Å². The van der Waals surface area contributed by atoms with E-state index in [9.17, 15) is 0 Å². The van der Waals surface area contributed by atoms with Crippen LogP contribution in [-0.4, -0.2) is 16.6 Å². The standard InChI is InChI=1S/C15H17BrN2O2/c1-3-9-19-11-7-5-6-8-12(11)20-15-10-13(16)17-14(4-2)18-15/h5-8,10H,3-4,9H2,1-2H3. The molecule has 106 valence electrons. The zero-order valence-corrected chi connectivity index (χ0v) is 13.2. The van der Waals surface area contributed by atoms with E-state index in [0.717, 1.165) is 24.4 Å². The number of nitrogens with zero attached hydrogens (tertiary/aromatic N) is 2. The first kappa shape index (κ1) is 14.8. The Hall–Kier alpha value is -1.62. The van der Waals surface area contributed by atoms with Crippen molar-refractivity contribution in [3.63, 3.8) is 0 Å². The fraction of sp³-hybridized carbons (Fsp3) is 0.333. The molecule has 20 heavy (non-hydrogen) atoms. The molecule has 0 aliphatic rings. The normalized spacial score (nSPS) is 10.3. The highest BCUT2D eigenvalue weighted by molar-refractivity contribution is 9.10. The predicted molar refractivity (Wildman–Crippen MR) is 81.4 cm³/mol. The molecule has 0 saturated carbocycles. The molecule has 2 rings (SSSR count). The number of aromatic nitrogens is 2. The second kappa shape index (κ2) is 7.24. The molecule has 0 aliphatic heterocycles. The summed E-state index contributed by atoms with van der Waals surface area (Å²) in [6.45, 7) is 4.73. The average Bonchev–Trinajstić information content (AvgIpc) is 2.45. The molecule has 0 saturated heterocycles. The lowest BCUT2D eigenvalue weighted by Crippen LogP contribution is -1.99. The summed E-state index contributed by atoms with van der Waals surface area (Å²) in [7, 11) is 0. The van der Waals surface area contributed by atoms with Gasteiger partial charge in [-0.1, -0.05) is 26.0 Å². The summed E-state index contributed by atoms with van der Waals surface area (Å²) in [6.07, 6.45) is 1.71. The summed E-state index contributed by atoms with van der Waals surface area (Å²) in [5.41, 5.74) is 0. The van der Waals surface area contributed by atoms with E-state index in [-0.39, 0.29) is 0 Å². The first-order chi connectivity index (χ1) is 9.72. The Morgan fingerprint density at radius 1 is 1.10 bits per heavy atom. The van der Waals surface area contributed by atoms with Gasteiger partial charge < -0.3 is 9.47 Å². The molecular weight excluding hydrogens is 320 g/mol. The molecule has 0 spiro atoms. The first-order valence-electron chi connectivity index (χ1n) is 6.66. The van der Waals surface area contributed by atoms with Gasteiger partial charge in [0.25, 0.3) is 0 Å². The number of ether oxygens (including phenoxy) is 2. The molecule has 0 unspecified atom stereocenters. The predicted octanol–water partition coefficient (Wildman–Crippen LogP) is 4.38. The second-order valence-electron chi connectivity index (χ2n) is 4.20. The third kappa shape index (κ3) is 3.93. The number of halogens is 1. The molecule has 2 aromatic rings. The van der Waals surface area contributed by atoms with Crippen LogP contribution in [0.15, 0.2) is 34.9 Å². The molecule has 0 atom stereocenters. The van der Waals surface area contributed by atoms with Crippen LogP contribution in [0.1, 0.15) is 26.1 Å². The van der Waals surface area contributed by atoms with Gasteiger partial charge in [-0.15, -0.1) is 0 Å².